The molecule has 132 valence electrons. The number of carbonyl (C=O) groups is 1. The molecule has 0 aliphatic rings. The van der Waals surface area contributed by atoms with Crippen LogP contribution in [0.25, 0.3) is 0 Å². The number of amides is 1. The summed E-state index contributed by atoms with van der Waals surface area (Å²) < 4.78 is 42.5. The van der Waals surface area contributed by atoms with E-state index in [0.29, 0.717) is 11.0 Å². The second kappa shape index (κ2) is 6.12. The van der Waals surface area contributed by atoms with Gasteiger partial charge in [-0.3, -0.25) is 9.48 Å². The van der Waals surface area contributed by atoms with Gasteiger partial charge in [0.25, 0.3) is 5.91 Å². The van der Waals surface area contributed by atoms with Gasteiger partial charge in [-0.15, -0.1) is 0 Å². The molecule has 0 aromatic carbocycles. The lowest BCUT2D eigenvalue weighted by molar-refractivity contribution is -0.146. The van der Waals surface area contributed by atoms with E-state index < -0.39 is 28.9 Å². The number of imidazole rings is 1. The summed E-state index contributed by atoms with van der Waals surface area (Å²) in [4.78, 5) is 16.2. The smallest absolute Gasteiger partial charge is 0.345 e. The van der Waals surface area contributed by atoms with Gasteiger partial charge in [0.2, 0.25) is 0 Å². The van der Waals surface area contributed by atoms with Crippen molar-refractivity contribution in [2.24, 2.45) is 7.05 Å². The Morgan fingerprint density at radius 3 is 2.38 bits per heavy atom. The molecule has 1 amide bonds. The van der Waals surface area contributed by atoms with Crippen molar-refractivity contribution in [1.29, 1.82) is 0 Å². The van der Waals surface area contributed by atoms with Gasteiger partial charge in [0.1, 0.15) is 11.0 Å². The largest absolute Gasteiger partial charge is 0.433 e. The summed E-state index contributed by atoms with van der Waals surface area (Å²) in [5.41, 5.74) is -2.53. The molecule has 2 aromatic rings. The topological polar surface area (TPSA) is 64.7 Å². The fourth-order valence-corrected chi connectivity index (χ4v) is 2.29. The highest BCUT2D eigenvalue weighted by molar-refractivity contribution is 6.29. The van der Waals surface area contributed by atoms with Crippen LogP contribution in [0.5, 0.6) is 0 Å². The molecule has 0 atom stereocenters. The maximum Gasteiger partial charge on any atom is 0.433 e. The zero-order valence-corrected chi connectivity index (χ0v) is 14.3. The van der Waals surface area contributed by atoms with Crippen LogP contribution in [0.15, 0.2) is 12.4 Å². The molecule has 0 saturated heterocycles. The van der Waals surface area contributed by atoms with Gasteiger partial charge < -0.3 is 9.88 Å². The van der Waals surface area contributed by atoms with Gasteiger partial charge in [-0.05, 0) is 20.8 Å². The van der Waals surface area contributed by atoms with Crippen LogP contribution in [-0.4, -0.2) is 25.2 Å². The summed E-state index contributed by atoms with van der Waals surface area (Å²) >= 11 is 5.83. The monoisotopic (exact) mass is 363 g/mol. The lowest BCUT2D eigenvalue weighted by atomic mass is 10.1. The lowest BCUT2D eigenvalue weighted by Gasteiger charge is -2.23. The Kier molecular flexibility index (Phi) is 4.67. The summed E-state index contributed by atoms with van der Waals surface area (Å²) in [6.45, 7) is 4.67. The normalized spacial score (nSPS) is 12.5. The minimum Gasteiger partial charge on any atom is -0.345 e. The van der Waals surface area contributed by atoms with Crippen LogP contribution >= 0.6 is 11.6 Å². The highest BCUT2D eigenvalue weighted by atomic mass is 35.5. The van der Waals surface area contributed by atoms with E-state index in [9.17, 15) is 18.0 Å². The van der Waals surface area contributed by atoms with E-state index in [1.54, 1.807) is 27.8 Å². The molecule has 10 heteroatoms. The first kappa shape index (κ1) is 18.3. The fourth-order valence-electron chi connectivity index (χ4n) is 2.14. The van der Waals surface area contributed by atoms with Crippen molar-refractivity contribution < 1.29 is 18.0 Å². The Hall–Kier alpha value is -2.03. The van der Waals surface area contributed by atoms with Crippen LogP contribution in [0.4, 0.5) is 13.2 Å². The zero-order chi connectivity index (χ0) is 18.3. The number of nitrogens with zero attached hydrogens (tertiary/aromatic N) is 4. The van der Waals surface area contributed by atoms with E-state index in [0.717, 1.165) is 10.9 Å². The third-order valence-corrected chi connectivity index (χ3v) is 3.70. The molecule has 0 spiro atoms. The molecule has 6 nitrogen and oxygen atoms in total. The molecule has 0 radical (unpaired) electrons. The molecule has 2 aromatic heterocycles. The molecule has 0 bridgehead atoms. The quantitative estimate of drug-likeness (QED) is 0.911. The van der Waals surface area contributed by atoms with Crippen LogP contribution < -0.4 is 5.32 Å². The number of hydrogen-bond acceptors (Lipinski definition) is 3. The van der Waals surface area contributed by atoms with Crippen molar-refractivity contribution in [3.8, 4) is 0 Å². The van der Waals surface area contributed by atoms with Crippen molar-refractivity contribution in [3.05, 3.63) is 34.6 Å². The van der Waals surface area contributed by atoms with E-state index in [-0.39, 0.29) is 6.54 Å². The first-order valence-corrected chi connectivity index (χ1v) is 7.40. The Morgan fingerprint density at radius 1 is 1.29 bits per heavy atom. The van der Waals surface area contributed by atoms with Crippen LogP contribution in [-0.2, 0) is 25.3 Å². The SMILES string of the molecule is Cn1c(Cl)cnc1CNC(=O)c1cnn(C(C)(C)C)c1C(F)(F)F. The maximum atomic E-state index is 13.4. The van der Waals surface area contributed by atoms with E-state index in [2.05, 4.69) is 15.4 Å². The third-order valence-electron chi connectivity index (χ3n) is 3.35. The van der Waals surface area contributed by atoms with Crippen LogP contribution in [0.3, 0.4) is 0 Å². The predicted molar refractivity (Wildman–Crippen MR) is 81.6 cm³/mol. The van der Waals surface area contributed by atoms with Gasteiger partial charge in [0, 0.05) is 7.05 Å². The van der Waals surface area contributed by atoms with E-state index in [1.807, 2.05) is 0 Å². The second-order valence-corrected chi connectivity index (χ2v) is 6.61. The molecule has 0 unspecified atom stereocenters. The van der Waals surface area contributed by atoms with E-state index >= 15 is 0 Å². The van der Waals surface area contributed by atoms with Crippen molar-refractivity contribution in [2.75, 3.05) is 0 Å². The number of carbonyl (C=O) groups excluding carboxylic acids is 1. The van der Waals surface area contributed by atoms with Gasteiger partial charge in [0.05, 0.1) is 30.0 Å². The maximum absolute atomic E-state index is 13.4. The average Bonchev–Trinajstić information content (AvgIpc) is 3.02. The fraction of sp³-hybridized carbons (Fsp3) is 0.500. The molecular formula is C14H17ClF3N5O. The van der Waals surface area contributed by atoms with E-state index in [1.165, 1.54) is 10.8 Å². The Labute approximate surface area is 141 Å². The molecule has 0 aliphatic carbocycles. The van der Waals surface area contributed by atoms with Gasteiger partial charge in [0.15, 0.2) is 5.69 Å². The summed E-state index contributed by atoms with van der Waals surface area (Å²) in [6, 6.07) is 0. The number of rotatable bonds is 3. The second-order valence-electron chi connectivity index (χ2n) is 6.23. The molecule has 2 heterocycles. The molecule has 24 heavy (non-hydrogen) atoms. The summed E-state index contributed by atoms with van der Waals surface area (Å²) in [5.74, 6) is -0.456. The first-order chi connectivity index (χ1) is 10.9. The average molecular weight is 364 g/mol. The predicted octanol–water partition coefficient (Wildman–Crippen LogP) is 2.97. The van der Waals surface area contributed by atoms with Crippen molar-refractivity contribution in [1.82, 2.24) is 24.6 Å². The lowest BCUT2D eigenvalue weighted by Crippen LogP contribution is -2.31. The molecule has 1 N–H and O–H groups in total. The summed E-state index contributed by atoms with van der Waals surface area (Å²) in [6.07, 6.45) is -2.39. The zero-order valence-electron chi connectivity index (χ0n) is 13.6. The van der Waals surface area contributed by atoms with Crippen LogP contribution in [0.1, 0.15) is 42.6 Å². The Balaban J connectivity index is 2.30. The van der Waals surface area contributed by atoms with Gasteiger partial charge in [-0.2, -0.15) is 18.3 Å². The van der Waals surface area contributed by atoms with Crippen LogP contribution in [0, 0.1) is 0 Å². The molecule has 0 fully saturated rings. The van der Waals surface area contributed by atoms with Gasteiger partial charge >= 0.3 is 6.18 Å². The van der Waals surface area contributed by atoms with Gasteiger partial charge in [-0.25, -0.2) is 4.98 Å². The van der Waals surface area contributed by atoms with E-state index in [4.69, 9.17) is 11.6 Å². The number of hydrogen-bond donors (Lipinski definition) is 1. The minimum atomic E-state index is -4.71. The van der Waals surface area contributed by atoms with Crippen molar-refractivity contribution in [3.63, 3.8) is 0 Å². The molecule has 2 rings (SSSR count). The van der Waals surface area contributed by atoms with Crippen molar-refractivity contribution >= 4 is 17.5 Å². The number of nitrogens with one attached hydrogen (secondary N) is 1. The molecule has 0 saturated carbocycles. The standard InChI is InChI=1S/C14H17ClF3N5O/c1-13(2,3)23-11(14(16,17)18)8(5-21-23)12(24)20-7-10-19-6-9(15)22(10)4/h5-6H,7H2,1-4H3,(H,20,24). The number of halogens is 4. The Morgan fingerprint density at radius 2 is 1.92 bits per heavy atom. The number of aromatic nitrogens is 4. The number of alkyl halides is 3. The van der Waals surface area contributed by atoms with Crippen LogP contribution in [0.2, 0.25) is 5.15 Å². The first-order valence-electron chi connectivity index (χ1n) is 7.03. The summed E-state index contributed by atoms with van der Waals surface area (Å²) in [5, 5.41) is 6.52. The van der Waals surface area contributed by atoms with Crippen molar-refractivity contribution in [2.45, 2.75) is 39.0 Å². The third kappa shape index (κ3) is 3.55. The molecular weight excluding hydrogens is 347 g/mol. The summed E-state index contributed by atoms with van der Waals surface area (Å²) in [7, 11) is 1.63. The Bertz CT molecular complexity index is 758. The minimum absolute atomic E-state index is 0.0555. The molecule has 0 aliphatic heterocycles. The highest BCUT2D eigenvalue weighted by Gasteiger charge is 2.42. The van der Waals surface area contributed by atoms with Gasteiger partial charge in [-0.1, -0.05) is 11.6 Å². The highest BCUT2D eigenvalue weighted by Crippen LogP contribution is 2.34.